The highest BCUT2D eigenvalue weighted by Gasteiger charge is 2.26. The monoisotopic (exact) mass is 962 g/mol. The number of hydrogen-bond acceptors (Lipinski definition) is 5. The molecule has 0 radical (unpaired) electrons. The first-order valence-corrected chi connectivity index (χ1v) is 24.6. The van der Waals surface area contributed by atoms with Crippen LogP contribution in [-0.4, -0.2) is 19.5 Å². The normalized spacial score (nSPS) is 11.0. The molecule has 0 aliphatic rings. The molecule has 8 heteroatoms. The van der Waals surface area contributed by atoms with Crippen LogP contribution >= 0.6 is 0 Å². The maximum Gasteiger partial charge on any atom is 0.177 e. The van der Waals surface area contributed by atoms with Crippen molar-refractivity contribution in [3.8, 4) is 96.5 Å². The van der Waals surface area contributed by atoms with Gasteiger partial charge < -0.3 is 4.57 Å². The van der Waals surface area contributed by atoms with Crippen LogP contribution in [0.1, 0.15) is 44.5 Å². The van der Waals surface area contributed by atoms with Crippen LogP contribution in [0.3, 0.4) is 0 Å². The Hall–Kier alpha value is -10.3. The van der Waals surface area contributed by atoms with Crippen LogP contribution in [0.4, 0.5) is 11.4 Å². The molecule has 9 aromatic carbocycles. The minimum absolute atomic E-state index is 0.303. The summed E-state index contributed by atoms with van der Waals surface area (Å²) >= 11 is 0. The molecule has 0 bridgehead atoms. The number of nitrogens with zero attached hydrogens (tertiary/aromatic N) is 8. The molecular formula is C67H46N8. The van der Waals surface area contributed by atoms with E-state index in [2.05, 4.69) is 129 Å². The zero-order valence-electron chi connectivity index (χ0n) is 42.2. The molecule has 0 aliphatic carbocycles. The Kier molecular flexibility index (Phi) is 12.0. The van der Waals surface area contributed by atoms with Gasteiger partial charge in [0, 0.05) is 38.6 Å². The van der Waals surface area contributed by atoms with Crippen LogP contribution in [0, 0.1) is 77.3 Å². The lowest BCUT2D eigenvalue weighted by atomic mass is 9.90. The molecule has 0 spiro atoms. The van der Waals surface area contributed by atoms with E-state index in [4.69, 9.17) is 28.1 Å². The Morgan fingerprint density at radius 2 is 0.800 bits per heavy atom. The SMILES string of the molecule is [C-]#[N+]c1cc([N+]#[C-])cc(-c2cc(-c3nc(-c4ccccc4)nc(-c4ccccc4)n3)cc(-c3cc(C#N)cc(C#N)c3)c2-n2c3ccc(-c4c(C)cc(C)cc4C)cc3c3cc(-c4c(C)cc(C)cc4C)ccc32)c1. The van der Waals surface area contributed by atoms with Crippen LogP contribution in [0.2, 0.25) is 0 Å². The van der Waals surface area contributed by atoms with Gasteiger partial charge in [0.05, 0.1) is 53.1 Å². The second-order valence-corrected chi connectivity index (χ2v) is 19.3. The fraction of sp³-hybridized carbons (Fsp3) is 0.0896. The van der Waals surface area contributed by atoms with E-state index in [1.54, 1.807) is 12.1 Å². The summed E-state index contributed by atoms with van der Waals surface area (Å²) < 4.78 is 2.27. The van der Waals surface area contributed by atoms with Gasteiger partial charge in [0.2, 0.25) is 0 Å². The first-order chi connectivity index (χ1) is 36.4. The summed E-state index contributed by atoms with van der Waals surface area (Å²) in [4.78, 5) is 23.1. The molecule has 0 aliphatic heterocycles. The number of aromatic nitrogens is 4. The molecule has 11 aromatic rings. The largest absolute Gasteiger partial charge is 0.308 e. The van der Waals surface area contributed by atoms with Crippen molar-refractivity contribution >= 4 is 33.2 Å². The third-order valence-corrected chi connectivity index (χ3v) is 14.0. The second kappa shape index (κ2) is 19.1. The van der Waals surface area contributed by atoms with E-state index in [-0.39, 0.29) is 0 Å². The van der Waals surface area contributed by atoms with Crippen molar-refractivity contribution in [2.45, 2.75) is 41.5 Å². The van der Waals surface area contributed by atoms with Crippen LogP contribution in [0.15, 0.2) is 170 Å². The number of rotatable bonds is 8. The molecule has 8 nitrogen and oxygen atoms in total. The van der Waals surface area contributed by atoms with Gasteiger partial charge in [-0.25, -0.2) is 24.6 Å². The lowest BCUT2D eigenvalue weighted by Gasteiger charge is -2.22. The van der Waals surface area contributed by atoms with E-state index >= 15 is 0 Å². The number of nitriles is 2. The molecule has 2 heterocycles. The molecule has 0 unspecified atom stereocenters. The summed E-state index contributed by atoms with van der Waals surface area (Å²) in [5.41, 5.74) is 20.2. The number of benzene rings is 9. The van der Waals surface area contributed by atoms with E-state index in [9.17, 15) is 10.5 Å². The smallest absolute Gasteiger partial charge is 0.177 e. The lowest BCUT2D eigenvalue weighted by Crippen LogP contribution is -2.04. The van der Waals surface area contributed by atoms with Crippen molar-refractivity contribution < 1.29 is 0 Å². The molecule has 0 atom stereocenters. The van der Waals surface area contributed by atoms with Gasteiger partial charge in [-0.1, -0.05) is 126 Å². The van der Waals surface area contributed by atoms with Crippen molar-refractivity contribution in [2.24, 2.45) is 0 Å². The predicted octanol–water partition coefficient (Wildman–Crippen LogP) is 17.3. The molecule has 354 valence electrons. The van der Waals surface area contributed by atoms with Gasteiger partial charge in [0.15, 0.2) is 28.8 Å². The van der Waals surface area contributed by atoms with E-state index < -0.39 is 0 Å². The first kappa shape index (κ1) is 47.1. The van der Waals surface area contributed by atoms with Gasteiger partial charge in [-0.3, -0.25) is 0 Å². The van der Waals surface area contributed by atoms with Gasteiger partial charge in [-0.05, 0) is 152 Å². The fourth-order valence-corrected chi connectivity index (χ4v) is 11.0. The third kappa shape index (κ3) is 8.64. The van der Waals surface area contributed by atoms with E-state index in [1.807, 2.05) is 97.1 Å². The molecule has 0 saturated heterocycles. The minimum Gasteiger partial charge on any atom is -0.308 e. The maximum absolute atomic E-state index is 10.5. The van der Waals surface area contributed by atoms with Gasteiger partial charge in [0.25, 0.3) is 0 Å². The summed E-state index contributed by atoms with van der Waals surface area (Å²) in [7, 11) is 0. The van der Waals surface area contributed by atoms with Crippen LogP contribution in [0.5, 0.6) is 0 Å². The third-order valence-electron chi connectivity index (χ3n) is 14.0. The van der Waals surface area contributed by atoms with Gasteiger partial charge in [0.1, 0.15) is 0 Å². The summed E-state index contributed by atoms with van der Waals surface area (Å²) in [5, 5.41) is 23.1. The van der Waals surface area contributed by atoms with Crippen molar-refractivity contribution in [3.63, 3.8) is 0 Å². The number of hydrogen-bond donors (Lipinski definition) is 0. The molecule has 0 saturated carbocycles. The highest BCUT2D eigenvalue weighted by Crippen LogP contribution is 2.47. The summed E-state index contributed by atoms with van der Waals surface area (Å²) in [6.45, 7) is 29.4. The predicted molar refractivity (Wildman–Crippen MR) is 303 cm³/mol. The zero-order valence-corrected chi connectivity index (χ0v) is 42.2. The van der Waals surface area contributed by atoms with Crippen molar-refractivity contribution in [1.82, 2.24) is 19.5 Å². The Balaban J connectivity index is 1.32. The molecule has 75 heavy (non-hydrogen) atoms. The van der Waals surface area contributed by atoms with Crippen molar-refractivity contribution in [1.29, 1.82) is 10.5 Å². The first-order valence-electron chi connectivity index (χ1n) is 24.6. The summed E-state index contributed by atoms with van der Waals surface area (Å²) in [6, 6.07) is 60.9. The van der Waals surface area contributed by atoms with E-state index in [0.717, 1.165) is 44.1 Å². The Morgan fingerprint density at radius 3 is 1.20 bits per heavy atom. The van der Waals surface area contributed by atoms with Crippen LogP contribution in [-0.2, 0) is 0 Å². The number of aryl methyl sites for hydroxylation is 6. The topological polar surface area (TPSA) is 99.9 Å². The van der Waals surface area contributed by atoms with Crippen molar-refractivity contribution in [3.05, 3.63) is 237 Å². The molecular weight excluding hydrogens is 917 g/mol. The quantitative estimate of drug-likeness (QED) is 0.141. The average Bonchev–Trinajstić information content (AvgIpc) is 3.76. The standard InChI is InChI=1S/C67H46N8/c1-39-23-41(3)62(42(4)24-39)49-19-21-60-58(32-49)59-33-50(63-43(5)25-40(2)26-44(63)6)20-22-61(59)75(60)64-56(51-28-45(37-68)27-46(29-51)38-69)34-53(35-57(64)52-30-54(70-7)36-55(31-52)71-8)67-73-65(47-15-11-9-12-16-47)72-66(74-67)48-17-13-10-14-18-48/h9-36H,1-6H3. The molecule has 11 rings (SSSR count). The molecule has 0 N–H and O–H groups in total. The second-order valence-electron chi connectivity index (χ2n) is 19.3. The summed E-state index contributed by atoms with van der Waals surface area (Å²) in [5.74, 6) is 1.33. The Morgan fingerprint density at radius 1 is 0.400 bits per heavy atom. The highest BCUT2D eigenvalue weighted by atomic mass is 15.0. The molecule has 0 fully saturated rings. The maximum atomic E-state index is 10.5. The van der Waals surface area contributed by atoms with E-state index in [1.165, 1.54) is 44.5 Å². The van der Waals surface area contributed by atoms with Gasteiger partial charge in [-0.2, -0.15) is 10.5 Å². The average molecular weight is 963 g/mol. The fourth-order valence-electron chi connectivity index (χ4n) is 11.0. The van der Waals surface area contributed by atoms with Gasteiger partial charge in [-0.15, -0.1) is 0 Å². The van der Waals surface area contributed by atoms with Crippen LogP contribution < -0.4 is 0 Å². The van der Waals surface area contributed by atoms with Gasteiger partial charge >= 0.3 is 0 Å². The summed E-state index contributed by atoms with van der Waals surface area (Å²) in [6.07, 6.45) is 0. The van der Waals surface area contributed by atoms with E-state index in [0.29, 0.717) is 73.5 Å². The number of fused-ring (bicyclic) bond motifs is 3. The van der Waals surface area contributed by atoms with Crippen LogP contribution in [0.25, 0.3) is 116 Å². The lowest BCUT2D eigenvalue weighted by molar-refractivity contribution is 1.07. The zero-order chi connectivity index (χ0) is 52.1. The molecule has 0 amide bonds. The minimum atomic E-state index is 0.303. The Labute approximate surface area is 436 Å². The van der Waals surface area contributed by atoms with Crippen molar-refractivity contribution in [2.75, 3.05) is 0 Å². The Bertz CT molecular complexity index is 3970. The highest BCUT2D eigenvalue weighted by molar-refractivity contribution is 6.13. The molecule has 2 aromatic heterocycles.